The standard InChI is InChI=1S/C23H26N2O4/c1-5-28-20-10-7-15(11-21(20)29-6-2)23(27)24-16-8-9-17-18(14(3)4)13-22(26)25-19(17)12-16/h7-14H,5-6H2,1-4H3,(H,24,27)(H,25,26). The Morgan fingerprint density at radius 2 is 1.72 bits per heavy atom. The summed E-state index contributed by atoms with van der Waals surface area (Å²) < 4.78 is 11.1. The molecule has 1 aromatic heterocycles. The molecule has 6 heteroatoms. The molecule has 3 rings (SSSR count). The zero-order valence-corrected chi connectivity index (χ0v) is 17.2. The van der Waals surface area contributed by atoms with Crippen molar-refractivity contribution >= 4 is 22.5 Å². The lowest BCUT2D eigenvalue weighted by Gasteiger charge is -2.13. The molecule has 0 aliphatic rings. The molecule has 1 amide bonds. The van der Waals surface area contributed by atoms with E-state index in [9.17, 15) is 9.59 Å². The smallest absolute Gasteiger partial charge is 0.255 e. The first-order chi connectivity index (χ1) is 13.9. The van der Waals surface area contributed by atoms with Gasteiger partial charge in [-0.1, -0.05) is 19.9 Å². The van der Waals surface area contributed by atoms with E-state index in [0.29, 0.717) is 41.5 Å². The minimum Gasteiger partial charge on any atom is -0.490 e. The number of hydrogen-bond donors (Lipinski definition) is 2. The lowest BCUT2D eigenvalue weighted by Crippen LogP contribution is -2.13. The number of pyridine rings is 1. The number of ether oxygens (including phenoxy) is 2. The Morgan fingerprint density at radius 1 is 1.00 bits per heavy atom. The number of nitrogens with one attached hydrogen (secondary N) is 2. The van der Waals surface area contributed by atoms with Crippen LogP contribution in [0.15, 0.2) is 47.3 Å². The number of benzene rings is 2. The van der Waals surface area contributed by atoms with Crippen LogP contribution in [0.2, 0.25) is 0 Å². The van der Waals surface area contributed by atoms with Crippen molar-refractivity contribution in [2.75, 3.05) is 18.5 Å². The van der Waals surface area contributed by atoms with Crippen molar-refractivity contribution in [2.24, 2.45) is 0 Å². The second-order valence-corrected chi connectivity index (χ2v) is 6.99. The van der Waals surface area contributed by atoms with Gasteiger partial charge in [0.1, 0.15) is 0 Å². The highest BCUT2D eigenvalue weighted by Crippen LogP contribution is 2.29. The molecule has 6 nitrogen and oxygen atoms in total. The highest BCUT2D eigenvalue weighted by atomic mass is 16.5. The Bertz CT molecular complexity index is 1090. The Kier molecular flexibility index (Phi) is 6.22. The maximum atomic E-state index is 12.7. The number of carbonyl (C=O) groups is 1. The number of anilines is 1. The van der Waals surface area contributed by atoms with Crippen LogP contribution in [-0.2, 0) is 0 Å². The molecule has 0 bridgehead atoms. The summed E-state index contributed by atoms with van der Waals surface area (Å²) in [6, 6.07) is 12.3. The average Bonchev–Trinajstić information content (AvgIpc) is 2.68. The second kappa shape index (κ2) is 8.82. The summed E-state index contributed by atoms with van der Waals surface area (Å²) in [5.74, 6) is 1.10. The van der Waals surface area contributed by atoms with E-state index < -0.39 is 0 Å². The van der Waals surface area contributed by atoms with Gasteiger partial charge >= 0.3 is 0 Å². The number of aromatic amines is 1. The molecule has 0 spiro atoms. The summed E-state index contributed by atoms with van der Waals surface area (Å²) in [5, 5.41) is 3.85. The number of hydrogen-bond acceptors (Lipinski definition) is 4. The number of aromatic nitrogens is 1. The van der Waals surface area contributed by atoms with E-state index in [1.807, 2.05) is 39.8 Å². The average molecular weight is 394 g/mol. The Morgan fingerprint density at radius 3 is 2.41 bits per heavy atom. The zero-order valence-electron chi connectivity index (χ0n) is 17.2. The van der Waals surface area contributed by atoms with Crippen molar-refractivity contribution in [1.29, 1.82) is 0 Å². The monoisotopic (exact) mass is 394 g/mol. The molecule has 0 atom stereocenters. The third-order valence-corrected chi connectivity index (χ3v) is 4.56. The first kappa shape index (κ1) is 20.5. The summed E-state index contributed by atoms with van der Waals surface area (Å²) in [4.78, 5) is 27.6. The van der Waals surface area contributed by atoms with E-state index >= 15 is 0 Å². The summed E-state index contributed by atoms with van der Waals surface area (Å²) in [6.07, 6.45) is 0. The Hall–Kier alpha value is -3.28. The SMILES string of the molecule is CCOc1ccc(C(=O)Nc2ccc3c(C(C)C)cc(=O)[nH]c3c2)cc1OCC. The van der Waals surface area contributed by atoms with E-state index in [-0.39, 0.29) is 17.4 Å². The Labute approximate surface area is 169 Å². The van der Waals surface area contributed by atoms with Crippen LogP contribution in [0.5, 0.6) is 11.5 Å². The lowest BCUT2D eigenvalue weighted by atomic mass is 9.99. The fraction of sp³-hybridized carbons (Fsp3) is 0.304. The van der Waals surface area contributed by atoms with Gasteiger partial charge in [-0.05, 0) is 55.7 Å². The van der Waals surface area contributed by atoms with Gasteiger partial charge in [-0.2, -0.15) is 0 Å². The van der Waals surface area contributed by atoms with E-state index in [1.165, 1.54) is 0 Å². The summed E-state index contributed by atoms with van der Waals surface area (Å²) >= 11 is 0. The van der Waals surface area contributed by atoms with Crippen LogP contribution >= 0.6 is 0 Å². The van der Waals surface area contributed by atoms with Gasteiger partial charge in [0.15, 0.2) is 11.5 Å². The predicted molar refractivity (Wildman–Crippen MR) is 115 cm³/mol. The van der Waals surface area contributed by atoms with Crippen molar-refractivity contribution in [1.82, 2.24) is 4.98 Å². The van der Waals surface area contributed by atoms with Gasteiger partial charge in [-0.25, -0.2) is 0 Å². The van der Waals surface area contributed by atoms with Crippen molar-refractivity contribution in [3.63, 3.8) is 0 Å². The number of fused-ring (bicyclic) bond motifs is 1. The third kappa shape index (κ3) is 4.59. The zero-order chi connectivity index (χ0) is 21.0. The van der Waals surface area contributed by atoms with E-state index in [2.05, 4.69) is 10.3 Å². The van der Waals surface area contributed by atoms with Crippen molar-refractivity contribution in [3.8, 4) is 11.5 Å². The molecule has 29 heavy (non-hydrogen) atoms. The molecular weight excluding hydrogens is 368 g/mol. The molecular formula is C23H26N2O4. The lowest BCUT2D eigenvalue weighted by molar-refractivity contribution is 0.102. The van der Waals surface area contributed by atoms with Crippen LogP contribution in [0.1, 0.15) is 49.5 Å². The highest BCUT2D eigenvalue weighted by molar-refractivity contribution is 6.05. The number of amides is 1. The van der Waals surface area contributed by atoms with Gasteiger partial charge in [0.05, 0.1) is 18.7 Å². The maximum Gasteiger partial charge on any atom is 0.255 e. The fourth-order valence-electron chi connectivity index (χ4n) is 3.24. The first-order valence-electron chi connectivity index (χ1n) is 9.80. The van der Waals surface area contributed by atoms with Crippen molar-refractivity contribution < 1.29 is 14.3 Å². The van der Waals surface area contributed by atoms with E-state index in [0.717, 1.165) is 10.9 Å². The van der Waals surface area contributed by atoms with Crippen LogP contribution in [0.3, 0.4) is 0 Å². The minimum atomic E-state index is -0.268. The van der Waals surface area contributed by atoms with E-state index in [4.69, 9.17) is 9.47 Å². The summed E-state index contributed by atoms with van der Waals surface area (Å²) in [5.41, 5.74) is 2.58. The quantitative estimate of drug-likeness (QED) is 0.609. The van der Waals surface area contributed by atoms with Crippen molar-refractivity contribution in [2.45, 2.75) is 33.6 Å². The molecule has 0 aliphatic heterocycles. The molecule has 1 heterocycles. The molecule has 0 unspecified atom stereocenters. The highest BCUT2D eigenvalue weighted by Gasteiger charge is 2.13. The molecule has 152 valence electrons. The van der Waals surface area contributed by atoms with Crippen LogP contribution in [0.4, 0.5) is 5.69 Å². The summed E-state index contributed by atoms with van der Waals surface area (Å²) in [6.45, 7) is 8.85. The van der Waals surface area contributed by atoms with Crippen molar-refractivity contribution in [3.05, 3.63) is 63.9 Å². The van der Waals surface area contributed by atoms with Gasteiger partial charge in [0.25, 0.3) is 5.91 Å². The second-order valence-electron chi connectivity index (χ2n) is 6.99. The molecule has 0 fully saturated rings. The molecule has 0 radical (unpaired) electrons. The molecule has 2 aromatic carbocycles. The van der Waals surface area contributed by atoms with Crippen LogP contribution in [0, 0.1) is 0 Å². The number of rotatable bonds is 7. The fourth-order valence-corrected chi connectivity index (χ4v) is 3.24. The molecule has 2 N–H and O–H groups in total. The summed E-state index contributed by atoms with van der Waals surface area (Å²) in [7, 11) is 0. The van der Waals surface area contributed by atoms with E-state index in [1.54, 1.807) is 30.3 Å². The van der Waals surface area contributed by atoms with Crippen LogP contribution in [0.25, 0.3) is 10.9 Å². The van der Waals surface area contributed by atoms with Gasteiger partial charge < -0.3 is 19.8 Å². The van der Waals surface area contributed by atoms with Gasteiger partial charge in [0, 0.05) is 22.7 Å². The largest absolute Gasteiger partial charge is 0.490 e. The molecule has 0 saturated heterocycles. The normalized spacial score (nSPS) is 10.9. The first-order valence-corrected chi connectivity index (χ1v) is 9.80. The van der Waals surface area contributed by atoms with Crippen LogP contribution < -0.4 is 20.3 Å². The number of H-pyrrole nitrogens is 1. The minimum absolute atomic E-state index is 0.155. The maximum absolute atomic E-state index is 12.7. The van der Waals surface area contributed by atoms with Crippen LogP contribution in [-0.4, -0.2) is 24.1 Å². The van der Waals surface area contributed by atoms with Gasteiger partial charge in [-0.15, -0.1) is 0 Å². The van der Waals surface area contributed by atoms with Gasteiger partial charge in [0.2, 0.25) is 5.56 Å². The topological polar surface area (TPSA) is 80.4 Å². The molecule has 3 aromatic rings. The van der Waals surface area contributed by atoms with Gasteiger partial charge in [-0.3, -0.25) is 9.59 Å². The number of carbonyl (C=O) groups excluding carboxylic acids is 1. The Balaban J connectivity index is 1.89. The third-order valence-electron chi connectivity index (χ3n) is 4.56. The molecule has 0 aliphatic carbocycles. The molecule has 0 saturated carbocycles. The predicted octanol–water partition coefficient (Wildman–Crippen LogP) is 4.70.